The van der Waals surface area contributed by atoms with Gasteiger partial charge in [-0.2, -0.15) is 0 Å². The van der Waals surface area contributed by atoms with E-state index in [0.29, 0.717) is 6.42 Å². The monoisotopic (exact) mass is 508 g/mol. The first-order valence-corrected chi connectivity index (χ1v) is 15.5. The second kappa shape index (κ2) is 33.7. The molecule has 2 nitrogen and oxygen atoms in total. The van der Waals surface area contributed by atoms with E-state index in [1.807, 2.05) is 0 Å². The number of carboxylic acid groups (broad SMARTS) is 1. The average molecular weight is 509 g/mol. The summed E-state index contributed by atoms with van der Waals surface area (Å²) in [4.78, 5) is 10.4. The van der Waals surface area contributed by atoms with Crippen LogP contribution in [0, 0.1) is 0 Å². The zero-order chi connectivity index (χ0) is 24.1. The second-order valence-corrected chi connectivity index (χ2v) is 10.7. The third-order valence-electron chi connectivity index (χ3n) is 7.24. The third kappa shape index (κ3) is 34.9. The summed E-state index contributed by atoms with van der Waals surface area (Å²) >= 11 is 0. The van der Waals surface area contributed by atoms with E-state index in [-0.39, 0.29) is 37.7 Å². The van der Waals surface area contributed by atoms with Crippen molar-refractivity contribution in [2.45, 2.75) is 193 Å². The zero-order valence-corrected chi connectivity index (χ0v) is 22.9. The van der Waals surface area contributed by atoms with Crippen LogP contribution in [0.4, 0.5) is 0 Å². The van der Waals surface area contributed by atoms with Crippen molar-refractivity contribution in [3.8, 4) is 0 Å². The van der Waals surface area contributed by atoms with Gasteiger partial charge in [-0.1, -0.05) is 180 Å². The molecule has 0 radical (unpaired) electrons. The fourth-order valence-corrected chi connectivity index (χ4v) is 4.95. The van der Waals surface area contributed by atoms with Gasteiger partial charge in [0.2, 0.25) is 0 Å². The van der Waals surface area contributed by atoms with Gasteiger partial charge in [-0.15, -0.1) is 0 Å². The van der Waals surface area contributed by atoms with Gasteiger partial charge in [0.1, 0.15) is 0 Å². The van der Waals surface area contributed by atoms with Crippen molar-refractivity contribution in [2.75, 3.05) is 0 Å². The van der Waals surface area contributed by atoms with E-state index in [0.717, 1.165) is 12.8 Å². The van der Waals surface area contributed by atoms with Crippen molar-refractivity contribution in [3.05, 3.63) is 0 Å². The van der Waals surface area contributed by atoms with Crippen LogP contribution in [0.3, 0.4) is 0 Å². The molecular formula is C31H64CaO2. The molecule has 34 heavy (non-hydrogen) atoms. The van der Waals surface area contributed by atoms with Crippen LogP contribution < -0.4 is 0 Å². The minimum absolute atomic E-state index is 0. The van der Waals surface area contributed by atoms with Gasteiger partial charge in [0, 0.05) is 6.42 Å². The van der Waals surface area contributed by atoms with Gasteiger partial charge in [-0.05, 0) is 6.42 Å². The van der Waals surface area contributed by atoms with Crippen LogP contribution in [0.1, 0.15) is 193 Å². The maximum atomic E-state index is 10.4. The molecule has 0 aromatic carbocycles. The van der Waals surface area contributed by atoms with Crippen molar-refractivity contribution in [2.24, 2.45) is 0 Å². The SMILES string of the molecule is CCCCCCCCCCCCCCCCCCCCCCCCCCCCCCC(=O)O.[CaH2]. The van der Waals surface area contributed by atoms with Crippen LogP contribution in [0.5, 0.6) is 0 Å². The molecule has 0 amide bonds. The molecule has 1 N–H and O–H groups in total. The predicted octanol–water partition coefficient (Wildman–Crippen LogP) is 10.5. The Bertz CT molecular complexity index is 372. The number of aliphatic carboxylic acids is 1. The molecule has 202 valence electrons. The third-order valence-corrected chi connectivity index (χ3v) is 7.24. The summed E-state index contributed by atoms with van der Waals surface area (Å²) in [6.07, 6.45) is 39.5. The average Bonchev–Trinajstić information content (AvgIpc) is 2.80. The van der Waals surface area contributed by atoms with Crippen molar-refractivity contribution < 1.29 is 9.90 Å². The first-order chi connectivity index (χ1) is 16.3. The van der Waals surface area contributed by atoms with E-state index in [4.69, 9.17) is 5.11 Å². The topological polar surface area (TPSA) is 37.3 Å². The quantitative estimate of drug-likeness (QED) is 0.0805. The zero-order valence-electron chi connectivity index (χ0n) is 22.9. The first-order valence-electron chi connectivity index (χ1n) is 15.5. The normalized spacial score (nSPS) is 11.0. The predicted molar refractivity (Wildman–Crippen MR) is 156 cm³/mol. The Morgan fingerprint density at radius 2 is 0.559 bits per heavy atom. The van der Waals surface area contributed by atoms with Gasteiger partial charge in [0.05, 0.1) is 0 Å². The Morgan fingerprint density at radius 1 is 0.382 bits per heavy atom. The summed E-state index contributed by atoms with van der Waals surface area (Å²) in [6.45, 7) is 2.30. The summed E-state index contributed by atoms with van der Waals surface area (Å²) in [6, 6.07) is 0. The fraction of sp³-hybridized carbons (Fsp3) is 0.968. The van der Waals surface area contributed by atoms with Gasteiger partial charge < -0.3 is 5.11 Å². The second-order valence-electron chi connectivity index (χ2n) is 10.7. The number of hydrogen-bond acceptors (Lipinski definition) is 1. The fourth-order valence-electron chi connectivity index (χ4n) is 4.95. The standard InChI is InChI=1S/C31H62O2.Ca.2H/c1-2-3-4-5-6-7-8-9-10-11-12-13-14-15-16-17-18-19-20-21-22-23-24-25-26-27-28-29-30-31(32)33;;;/h2-30H2,1H3,(H,32,33);;;. The van der Waals surface area contributed by atoms with E-state index in [2.05, 4.69) is 6.92 Å². The van der Waals surface area contributed by atoms with E-state index in [1.54, 1.807) is 0 Å². The molecule has 0 aromatic heterocycles. The van der Waals surface area contributed by atoms with Crippen molar-refractivity contribution >= 4 is 43.7 Å². The molecule has 0 unspecified atom stereocenters. The molecule has 0 aliphatic carbocycles. The Labute approximate surface area is 245 Å². The van der Waals surface area contributed by atoms with Gasteiger partial charge in [-0.25, -0.2) is 0 Å². The first kappa shape index (κ1) is 36.9. The molecule has 0 aliphatic rings. The van der Waals surface area contributed by atoms with Gasteiger partial charge in [0.25, 0.3) is 0 Å². The molecular weight excluding hydrogens is 444 g/mol. The summed E-state index contributed by atoms with van der Waals surface area (Å²) < 4.78 is 0. The van der Waals surface area contributed by atoms with E-state index in [1.165, 1.54) is 167 Å². The maximum absolute atomic E-state index is 10.4. The molecule has 0 aliphatic heterocycles. The molecule has 0 rings (SSSR count). The molecule has 3 heteroatoms. The van der Waals surface area contributed by atoms with Gasteiger partial charge in [0.15, 0.2) is 0 Å². The Hall–Kier alpha value is 0.730. The van der Waals surface area contributed by atoms with Crippen molar-refractivity contribution in [1.29, 1.82) is 0 Å². The van der Waals surface area contributed by atoms with Gasteiger partial charge >= 0.3 is 43.7 Å². The van der Waals surface area contributed by atoms with Crippen LogP contribution >= 0.6 is 0 Å². The van der Waals surface area contributed by atoms with E-state index >= 15 is 0 Å². The Kier molecular flexibility index (Phi) is 36.6. The van der Waals surface area contributed by atoms with E-state index in [9.17, 15) is 4.79 Å². The van der Waals surface area contributed by atoms with Crippen LogP contribution in [0.25, 0.3) is 0 Å². The van der Waals surface area contributed by atoms with E-state index < -0.39 is 5.97 Å². The molecule has 0 fully saturated rings. The minimum atomic E-state index is -0.648. The summed E-state index contributed by atoms with van der Waals surface area (Å²) in [5, 5.41) is 8.61. The number of carboxylic acids is 1. The summed E-state index contributed by atoms with van der Waals surface area (Å²) in [5.41, 5.74) is 0. The Morgan fingerprint density at radius 3 is 0.735 bits per heavy atom. The molecule has 0 heterocycles. The molecule has 0 saturated carbocycles. The van der Waals surface area contributed by atoms with Crippen molar-refractivity contribution in [1.82, 2.24) is 0 Å². The Balaban J connectivity index is 0. The molecule has 0 saturated heterocycles. The van der Waals surface area contributed by atoms with Crippen LogP contribution in [0.2, 0.25) is 0 Å². The molecule has 0 atom stereocenters. The molecule has 0 aromatic rings. The van der Waals surface area contributed by atoms with Crippen molar-refractivity contribution in [3.63, 3.8) is 0 Å². The number of hydrogen-bond donors (Lipinski definition) is 1. The molecule has 0 bridgehead atoms. The van der Waals surface area contributed by atoms with Crippen LogP contribution in [-0.4, -0.2) is 48.8 Å². The number of rotatable bonds is 29. The van der Waals surface area contributed by atoms with Crippen LogP contribution in [0.15, 0.2) is 0 Å². The molecule has 0 spiro atoms. The van der Waals surface area contributed by atoms with Gasteiger partial charge in [-0.3, -0.25) is 4.79 Å². The summed E-state index contributed by atoms with van der Waals surface area (Å²) in [7, 11) is 0. The summed E-state index contributed by atoms with van der Waals surface area (Å²) in [5.74, 6) is -0.648. The number of carbonyl (C=O) groups is 1. The number of unbranched alkanes of at least 4 members (excludes halogenated alkanes) is 27. The van der Waals surface area contributed by atoms with Crippen LogP contribution in [-0.2, 0) is 4.79 Å².